The molecule has 0 atom stereocenters. The first-order valence-electron chi connectivity index (χ1n) is 9.99. The van der Waals surface area contributed by atoms with Crippen molar-refractivity contribution in [3.63, 3.8) is 0 Å². The summed E-state index contributed by atoms with van der Waals surface area (Å²) in [4.78, 5) is 29.9. The molecule has 1 aliphatic rings. The predicted molar refractivity (Wildman–Crippen MR) is 114 cm³/mol. The summed E-state index contributed by atoms with van der Waals surface area (Å²) < 4.78 is 1.51. The van der Waals surface area contributed by atoms with E-state index >= 15 is 0 Å². The Morgan fingerprint density at radius 1 is 0.966 bits per heavy atom. The third-order valence-electron chi connectivity index (χ3n) is 5.79. The molecule has 1 amide bonds. The Morgan fingerprint density at radius 3 is 2.34 bits per heavy atom. The molecule has 1 saturated heterocycles. The van der Waals surface area contributed by atoms with E-state index in [1.165, 1.54) is 4.68 Å². The van der Waals surface area contributed by atoms with Gasteiger partial charge >= 0.3 is 0 Å². The molecule has 0 spiro atoms. The fraction of sp³-hybridized carbons (Fsp3) is 0.348. The molecule has 1 aliphatic heterocycles. The van der Waals surface area contributed by atoms with Gasteiger partial charge in [0.15, 0.2) is 0 Å². The Labute approximate surface area is 170 Å². The van der Waals surface area contributed by atoms with Crippen molar-refractivity contribution in [2.24, 2.45) is 0 Å². The van der Waals surface area contributed by atoms with E-state index in [1.807, 2.05) is 73.3 Å². The van der Waals surface area contributed by atoms with E-state index in [9.17, 15) is 9.59 Å². The van der Waals surface area contributed by atoms with Crippen LogP contribution in [0.3, 0.4) is 0 Å². The predicted octanol–water partition coefficient (Wildman–Crippen LogP) is 2.48. The average molecular weight is 390 g/mol. The third-order valence-corrected chi connectivity index (χ3v) is 5.79. The van der Waals surface area contributed by atoms with E-state index in [2.05, 4.69) is 10.00 Å². The van der Waals surface area contributed by atoms with Crippen LogP contribution in [0.1, 0.15) is 19.4 Å². The number of hydrogen-bond acceptors (Lipinski definition) is 4. The zero-order valence-corrected chi connectivity index (χ0v) is 16.9. The Bertz CT molecular complexity index is 1070. The number of benzene rings is 2. The SMILES string of the molecule is CC(C)(C(=O)N1CCN(Cn2ncc3ccccc3c2=O)CC1)c1ccccc1. The zero-order chi connectivity index (χ0) is 20.4. The maximum atomic E-state index is 13.1. The summed E-state index contributed by atoms with van der Waals surface area (Å²) in [5.41, 5.74) is 0.395. The largest absolute Gasteiger partial charge is 0.339 e. The van der Waals surface area contributed by atoms with E-state index < -0.39 is 5.41 Å². The molecule has 0 saturated carbocycles. The van der Waals surface area contributed by atoms with Crippen molar-refractivity contribution in [3.05, 3.63) is 76.7 Å². The van der Waals surface area contributed by atoms with E-state index in [0.29, 0.717) is 25.1 Å². The summed E-state index contributed by atoms with van der Waals surface area (Å²) in [5.74, 6) is 0.143. The molecule has 150 valence electrons. The van der Waals surface area contributed by atoms with Crippen molar-refractivity contribution < 1.29 is 4.79 Å². The first kappa shape index (κ1) is 19.3. The smallest absolute Gasteiger partial charge is 0.275 e. The molecular formula is C23H26N4O2. The molecule has 29 heavy (non-hydrogen) atoms. The zero-order valence-electron chi connectivity index (χ0n) is 16.9. The van der Waals surface area contributed by atoms with E-state index in [1.54, 1.807) is 6.20 Å². The van der Waals surface area contributed by atoms with Gasteiger partial charge in [0, 0.05) is 31.6 Å². The second kappa shape index (κ2) is 7.79. The number of nitrogens with zero attached hydrogens (tertiary/aromatic N) is 4. The van der Waals surface area contributed by atoms with Crippen LogP contribution in [0.4, 0.5) is 0 Å². The lowest BCUT2D eigenvalue weighted by Crippen LogP contribution is -2.53. The number of aromatic nitrogens is 2. The minimum atomic E-state index is -0.555. The van der Waals surface area contributed by atoms with Gasteiger partial charge in [-0.3, -0.25) is 14.5 Å². The molecule has 4 rings (SSSR count). The molecule has 0 aliphatic carbocycles. The Kier molecular flexibility index (Phi) is 5.20. The average Bonchev–Trinajstić information content (AvgIpc) is 2.76. The molecule has 3 aromatic rings. The van der Waals surface area contributed by atoms with Crippen LogP contribution < -0.4 is 5.56 Å². The monoisotopic (exact) mass is 390 g/mol. The lowest BCUT2D eigenvalue weighted by molar-refractivity contribution is -0.138. The highest BCUT2D eigenvalue weighted by Gasteiger charge is 2.35. The first-order chi connectivity index (χ1) is 14.0. The van der Waals surface area contributed by atoms with E-state index in [4.69, 9.17) is 0 Å². The quantitative estimate of drug-likeness (QED) is 0.687. The molecule has 6 nitrogen and oxygen atoms in total. The summed E-state index contributed by atoms with van der Waals surface area (Å²) in [6.07, 6.45) is 1.74. The lowest BCUT2D eigenvalue weighted by Gasteiger charge is -2.38. The summed E-state index contributed by atoms with van der Waals surface area (Å²) >= 11 is 0. The van der Waals surface area contributed by atoms with E-state index in [0.717, 1.165) is 24.0 Å². The fourth-order valence-electron chi connectivity index (χ4n) is 3.88. The maximum Gasteiger partial charge on any atom is 0.275 e. The number of carbonyl (C=O) groups excluding carboxylic acids is 1. The molecule has 0 bridgehead atoms. The highest BCUT2D eigenvalue weighted by atomic mass is 16.2. The van der Waals surface area contributed by atoms with Gasteiger partial charge in [-0.25, -0.2) is 4.68 Å². The topological polar surface area (TPSA) is 58.4 Å². The van der Waals surface area contributed by atoms with Gasteiger partial charge in [-0.2, -0.15) is 5.10 Å². The molecule has 0 unspecified atom stereocenters. The standard InChI is InChI=1S/C23H26N4O2/c1-23(2,19-9-4-3-5-10-19)22(29)26-14-12-25(13-15-26)17-27-21(28)20-11-7-6-8-18(20)16-24-27/h3-11,16H,12-15,17H2,1-2H3. The Balaban J connectivity index is 1.42. The summed E-state index contributed by atoms with van der Waals surface area (Å²) in [7, 11) is 0. The van der Waals surface area contributed by atoms with Gasteiger partial charge in [0.05, 0.1) is 23.7 Å². The number of fused-ring (bicyclic) bond motifs is 1. The molecule has 2 aromatic carbocycles. The van der Waals surface area contributed by atoms with Crippen LogP contribution in [-0.4, -0.2) is 51.7 Å². The molecule has 1 aromatic heterocycles. The van der Waals surface area contributed by atoms with Crippen molar-refractivity contribution in [3.8, 4) is 0 Å². The van der Waals surface area contributed by atoms with Crippen LogP contribution >= 0.6 is 0 Å². The Morgan fingerprint density at radius 2 is 1.62 bits per heavy atom. The number of piperazine rings is 1. The third kappa shape index (κ3) is 3.80. The fourth-order valence-corrected chi connectivity index (χ4v) is 3.88. The lowest BCUT2D eigenvalue weighted by atomic mass is 9.83. The molecule has 0 radical (unpaired) electrons. The number of hydrogen-bond donors (Lipinski definition) is 0. The van der Waals surface area contributed by atoms with Crippen LogP contribution in [0.25, 0.3) is 10.8 Å². The van der Waals surface area contributed by atoms with E-state index in [-0.39, 0.29) is 11.5 Å². The summed E-state index contributed by atoms with van der Waals surface area (Å²) in [6, 6.07) is 17.4. The minimum absolute atomic E-state index is 0.0770. The van der Waals surface area contributed by atoms with Gasteiger partial charge < -0.3 is 4.90 Å². The van der Waals surface area contributed by atoms with Crippen molar-refractivity contribution >= 4 is 16.7 Å². The van der Waals surface area contributed by atoms with Gasteiger partial charge in [-0.05, 0) is 25.5 Å². The summed E-state index contributed by atoms with van der Waals surface area (Å²) in [5, 5.41) is 5.85. The van der Waals surface area contributed by atoms with Crippen LogP contribution in [0.5, 0.6) is 0 Å². The van der Waals surface area contributed by atoms with Crippen LogP contribution in [0.2, 0.25) is 0 Å². The molecule has 6 heteroatoms. The van der Waals surface area contributed by atoms with Gasteiger partial charge in [0.2, 0.25) is 5.91 Å². The van der Waals surface area contributed by atoms with Gasteiger partial charge in [-0.15, -0.1) is 0 Å². The summed E-state index contributed by atoms with van der Waals surface area (Å²) in [6.45, 7) is 7.14. The highest BCUT2D eigenvalue weighted by Crippen LogP contribution is 2.26. The van der Waals surface area contributed by atoms with Gasteiger partial charge in [-0.1, -0.05) is 48.5 Å². The Hall–Kier alpha value is -2.99. The van der Waals surface area contributed by atoms with Gasteiger partial charge in [0.1, 0.15) is 0 Å². The normalized spacial score (nSPS) is 15.6. The van der Waals surface area contributed by atoms with Crippen molar-refractivity contribution in [1.82, 2.24) is 19.6 Å². The second-order valence-corrected chi connectivity index (χ2v) is 8.08. The van der Waals surface area contributed by atoms with Crippen molar-refractivity contribution in [1.29, 1.82) is 0 Å². The molecule has 1 fully saturated rings. The first-order valence-corrected chi connectivity index (χ1v) is 9.99. The molecule has 2 heterocycles. The van der Waals surface area contributed by atoms with Crippen molar-refractivity contribution in [2.75, 3.05) is 26.2 Å². The van der Waals surface area contributed by atoms with Gasteiger partial charge in [0.25, 0.3) is 5.56 Å². The minimum Gasteiger partial charge on any atom is -0.339 e. The number of rotatable bonds is 4. The van der Waals surface area contributed by atoms with Crippen molar-refractivity contribution in [2.45, 2.75) is 25.9 Å². The molecule has 0 N–H and O–H groups in total. The van der Waals surface area contributed by atoms with Crippen LogP contribution in [0.15, 0.2) is 65.6 Å². The number of carbonyl (C=O) groups is 1. The molecular weight excluding hydrogens is 364 g/mol. The van der Waals surface area contributed by atoms with Crippen LogP contribution in [0, 0.1) is 0 Å². The van der Waals surface area contributed by atoms with Crippen LogP contribution in [-0.2, 0) is 16.9 Å². The maximum absolute atomic E-state index is 13.1. The highest BCUT2D eigenvalue weighted by molar-refractivity contribution is 5.87. The second-order valence-electron chi connectivity index (χ2n) is 8.08. The number of amides is 1.